The van der Waals surface area contributed by atoms with Gasteiger partial charge in [-0.1, -0.05) is 6.92 Å². The summed E-state index contributed by atoms with van der Waals surface area (Å²) in [5.41, 5.74) is 0. The number of nitrogens with zero attached hydrogens (tertiary/aromatic N) is 6. The zero-order valence-electron chi connectivity index (χ0n) is 12.4. The van der Waals surface area contributed by atoms with E-state index in [0.717, 1.165) is 19.5 Å². The molecule has 0 radical (unpaired) electrons. The quantitative estimate of drug-likeness (QED) is 0.756. The van der Waals surface area contributed by atoms with Gasteiger partial charge < -0.3 is 10.6 Å². The molecule has 2 N–H and O–H groups in total. The van der Waals surface area contributed by atoms with E-state index in [1.807, 2.05) is 18.7 Å². The van der Waals surface area contributed by atoms with Gasteiger partial charge in [0.15, 0.2) is 0 Å². The second-order valence-corrected chi connectivity index (χ2v) is 5.69. The fourth-order valence-corrected chi connectivity index (χ4v) is 1.95. The summed E-state index contributed by atoms with van der Waals surface area (Å²) in [4.78, 5) is 16.9. The topological polar surface area (TPSA) is 93.4 Å². The molecule has 2 rings (SSSR count). The van der Waals surface area contributed by atoms with Crippen LogP contribution in [0.4, 0.5) is 11.9 Å². The van der Waals surface area contributed by atoms with Gasteiger partial charge in [-0.2, -0.15) is 36.5 Å². The van der Waals surface area contributed by atoms with Gasteiger partial charge in [0.25, 0.3) is 5.95 Å². The van der Waals surface area contributed by atoms with Crippen molar-refractivity contribution in [2.75, 3.05) is 30.0 Å². The van der Waals surface area contributed by atoms with Gasteiger partial charge in [0.2, 0.25) is 11.9 Å². The highest BCUT2D eigenvalue weighted by molar-refractivity contribution is 7.99. The highest BCUT2D eigenvalue weighted by atomic mass is 32.2. The first kappa shape index (κ1) is 15.5. The lowest BCUT2D eigenvalue weighted by molar-refractivity contribution is 0.787. The van der Waals surface area contributed by atoms with Crippen LogP contribution in [0.1, 0.15) is 20.3 Å². The number of thioether (sulfide) groups is 1. The lowest BCUT2D eigenvalue weighted by Crippen LogP contribution is -2.14. The average molecular weight is 308 g/mol. The summed E-state index contributed by atoms with van der Waals surface area (Å²) < 4.78 is 1.51. The van der Waals surface area contributed by atoms with Gasteiger partial charge in [-0.15, -0.1) is 0 Å². The molecular formula is C12H20N8S. The maximum atomic E-state index is 4.36. The Morgan fingerprint density at radius 1 is 1.24 bits per heavy atom. The molecule has 21 heavy (non-hydrogen) atoms. The zero-order chi connectivity index (χ0) is 15.1. The summed E-state index contributed by atoms with van der Waals surface area (Å²) in [6.45, 7) is 5.75. The Morgan fingerprint density at radius 2 is 2.00 bits per heavy atom. The molecule has 0 aliphatic rings. The molecule has 0 saturated heterocycles. The van der Waals surface area contributed by atoms with Crippen molar-refractivity contribution in [1.82, 2.24) is 29.7 Å². The van der Waals surface area contributed by atoms with E-state index in [2.05, 4.69) is 48.8 Å². The molecule has 2 aromatic heterocycles. The molecule has 9 heteroatoms. The van der Waals surface area contributed by atoms with E-state index in [1.165, 1.54) is 11.0 Å². The Bertz CT molecular complexity index is 544. The van der Waals surface area contributed by atoms with Gasteiger partial charge in [-0.05, 0) is 19.6 Å². The highest BCUT2D eigenvalue weighted by Gasteiger charge is 2.08. The van der Waals surface area contributed by atoms with Crippen LogP contribution in [0, 0.1) is 0 Å². The normalized spacial score (nSPS) is 12.1. The number of hydrogen-bond acceptors (Lipinski definition) is 8. The zero-order valence-corrected chi connectivity index (χ0v) is 13.3. The van der Waals surface area contributed by atoms with Crippen LogP contribution in [-0.2, 0) is 0 Å². The molecule has 0 aliphatic carbocycles. The third-order valence-electron chi connectivity index (χ3n) is 2.82. The first-order chi connectivity index (χ1) is 10.2. The van der Waals surface area contributed by atoms with Gasteiger partial charge in [0, 0.05) is 18.3 Å². The van der Waals surface area contributed by atoms with Gasteiger partial charge in [0.1, 0.15) is 12.7 Å². The molecule has 8 nitrogen and oxygen atoms in total. The Labute approximate surface area is 128 Å². The van der Waals surface area contributed by atoms with Crippen LogP contribution >= 0.6 is 11.8 Å². The molecule has 0 amide bonds. The van der Waals surface area contributed by atoms with Gasteiger partial charge in [-0.3, -0.25) is 0 Å². The lowest BCUT2D eigenvalue weighted by Gasteiger charge is -2.11. The van der Waals surface area contributed by atoms with Crippen molar-refractivity contribution in [3.63, 3.8) is 0 Å². The van der Waals surface area contributed by atoms with Gasteiger partial charge in [-0.25, -0.2) is 4.98 Å². The van der Waals surface area contributed by atoms with Gasteiger partial charge in [0.05, 0.1) is 0 Å². The Morgan fingerprint density at radius 3 is 2.62 bits per heavy atom. The van der Waals surface area contributed by atoms with Crippen molar-refractivity contribution in [2.45, 2.75) is 25.5 Å². The van der Waals surface area contributed by atoms with E-state index in [0.29, 0.717) is 23.1 Å². The predicted molar refractivity (Wildman–Crippen MR) is 85.0 cm³/mol. The molecule has 0 aromatic carbocycles. The Kier molecular flexibility index (Phi) is 5.73. The summed E-state index contributed by atoms with van der Waals surface area (Å²) in [6.07, 6.45) is 6.16. The number of anilines is 2. The fourth-order valence-electron chi connectivity index (χ4n) is 1.60. The minimum Gasteiger partial charge on any atom is -0.354 e. The van der Waals surface area contributed by atoms with Crippen molar-refractivity contribution in [3.05, 3.63) is 12.7 Å². The van der Waals surface area contributed by atoms with Crippen LogP contribution in [-0.4, -0.2) is 54.3 Å². The molecule has 0 saturated carbocycles. The van der Waals surface area contributed by atoms with Crippen molar-refractivity contribution in [3.8, 4) is 5.95 Å². The molecule has 0 fully saturated rings. The van der Waals surface area contributed by atoms with E-state index in [1.54, 1.807) is 6.33 Å². The summed E-state index contributed by atoms with van der Waals surface area (Å²) >= 11 is 1.84. The molecule has 0 bridgehead atoms. The van der Waals surface area contributed by atoms with Crippen molar-refractivity contribution in [1.29, 1.82) is 0 Å². The number of rotatable bonds is 8. The third kappa shape index (κ3) is 4.55. The van der Waals surface area contributed by atoms with Crippen LogP contribution in [0.3, 0.4) is 0 Å². The lowest BCUT2D eigenvalue weighted by atomic mass is 10.3. The molecular weight excluding hydrogens is 288 g/mol. The number of aromatic nitrogens is 6. The largest absolute Gasteiger partial charge is 0.354 e. The molecule has 1 atom stereocenters. The predicted octanol–water partition coefficient (Wildman–Crippen LogP) is 1.44. The van der Waals surface area contributed by atoms with Crippen LogP contribution in [0.5, 0.6) is 0 Å². The molecule has 2 aromatic rings. The van der Waals surface area contributed by atoms with E-state index >= 15 is 0 Å². The van der Waals surface area contributed by atoms with E-state index in [9.17, 15) is 0 Å². The minimum atomic E-state index is 0.443. The van der Waals surface area contributed by atoms with Crippen LogP contribution in [0.15, 0.2) is 12.7 Å². The third-order valence-corrected chi connectivity index (χ3v) is 3.86. The summed E-state index contributed by atoms with van der Waals surface area (Å²) in [5, 5.41) is 11.0. The number of hydrogen-bond donors (Lipinski definition) is 2. The van der Waals surface area contributed by atoms with E-state index < -0.39 is 0 Å². The fraction of sp³-hybridized carbons (Fsp3) is 0.583. The molecule has 0 aliphatic heterocycles. The first-order valence-corrected chi connectivity index (χ1v) is 8.13. The van der Waals surface area contributed by atoms with Crippen LogP contribution < -0.4 is 10.6 Å². The average Bonchev–Trinajstić information content (AvgIpc) is 3.01. The minimum absolute atomic E-state index is 0.443. The molecule has 0 spiro atoms. The van der Waals surface area contributed by atoms with E-state index in [4.69, 9.17) is 0 Å². The van der Waals surface area contributed by atoms with Crippen LogP contribution in [0.25, 0.3) is 5.95 Å². The Hall–Kier alpha value is -1.90. The smallest absolute Gasteiger partial charge is 0.258 e. The summed E-state index contributed by atoms with van der Waals surface area (Å²) in [5.74, 6) is 1.51. The monoisotopic (exact) mass is 308 g/mol. The number of nitrogens with one attached hydrogen (secondary N) is 2. The maximum absolute atomic E-state index is 4.36. The summed E-state index contributed by atoms with van der Waals surface area (Å²) in [7, 11) is 0. The highest BCUT2D eigenvalue weighted by Crippen LogP contribution is 2.11. The van der Waals surface area contributed by atoms with Crippen molar-refractivity contribution in [2.24, 2.45) is 0 Å². The van der Waals surface area contributed by atoms with E-state index in [-0.39, 0.29) is 0 Å². The SMILES string of the molecule is CCNc1nc(NCCC(C)SC)nc(-n2cncn2)n1. The molecule has 2 heterocycles. The van der Waals surface area contributed by atoms with Crippen molar-refractivity contribution >= 4 is 23.7 Å². The molecule has 114 valence electrons. The standard InChI is InChI=1S/C12H20N8S/c1-4-14-10-17-11(15-6-5-9(2)21-3)19-12(18-10)20-8-13-7-16-20/h7-9H,4-6H2,1-3H3,(H2,14,15,17,18,19). The first-order valence-electron chi connectivity index (χ1n) is 6.84. The Balaban J connectivity index is 2.12. The summed E-state index contributed by atoms with van der Waals surface area (Å²) in [6, 6.07) is 0. The second kappa shape index (κ2) is 7.77. The molecule has 1 unspecified atom stereocenters. The van der Waals surface area contributed by atoms with Crippen molar-refractivity contribution < 1.29 is 0 Å². The second-order valence-electron chi connectivity index (χ2n) is 4.41. The maximum Gasteiger partial charge on any atom is 0.258 e. The van der Waals surface area contributed by atoms with Gasteiger partial charge >= 0.3 is 0 Å². The van der Waals surface area contributed by atoms with Crippen LogP contribution in [0.2, 0.25) is 0 Å².